The van der Waals surface area contributed by atoms with Gasteiger partial charge in [-0.3, -0.25) is 0 Å². The molecule has 1 aromatic heterocycles. The molecule has 0 fully saturated rings. The predicted octanol–water partition coefficient (Wildman–Crippen LogP) is 4.36. The minimum Gasteiger partial charge on any atom is -0.367 e. The molecule has 94 valence electrons. The van der Waals surface area contributed by atoms with Crippen molar-refractivity contribution in [2.24, 2.45) is 0 Å². The van der Waals surface area contributed by atoms with Crippen LogP contribution in [0.5, 0.6) is 0 Å². The molecule has 2 aromatic rings. The van der Waals surface area contributed by atoms with Crippen LogP contribution in [0.4, 0.5) is 5.69 Å². The van der Waals surface area contributed by atoms with Crippen LogP contribution in [0.1, 0.15) is 21.6 Å². The fourth-order valence-corrected chi connectivity index (χ4v) is 3.69. The zero-order valence-electron chi connectivity index (χ0n) is 10.4. The minimum atomic E-state index is 0.587. The van der Waals surface area contributed by atoms with Gasteiger partial charge in [-0.05, 0) is 42.0 Å². The Morgan fingerprint density at radius 3 is 3.06 bits per heavy atom. The molecule has 0 N–H and O–H groups in total. The van der Waals surface area contributed by atoms with Crippen molar-refractivity contribution in [3.05, 3.63) is 51.2 Å². The van der Waals surface area contributed by atoms with Gasteiger partial charge >= 0.3 is 0 Å². The average molecular weight is 278 g/mol. The summed E-state index contributed by atoms with van der Waals surface area (Å²) in [5.74, 6) is 0.587. The molecule has 0 bridgehead atoms. The van der Waals surface area contributed by atoms with Crippen LogP contribution < -0.4 is 4.90 Å². The molecule has 3 heteroatoms. The van der Waals surface area contributed by atoms with Crippen molar-refractivity contribution in [3.63, 3.8) is 0 Å². The molecule has 3 rings (SSSR count). The van der Waals surface area contributed by atoms with Crippen molar-refractivity contribution >= 4 is 28.6 Å². The molecule has 0 saturated carbocycles. The van der Waals surface area contributed by atoms with Gasteiger partial charge in [0.15, 0.2) is 0 Å². The lowest BCUT2D eigenvalue weighted by Gasteiger charge is -2.30. The lowest BCUT2D eigenvalue weighted by atomic mass is 10.1. The SMILES string of the molecule is Cc1ccc(N2CCc3sccc3C2)c(CCl)c1. The molecule has 0 amide bonds. The summed E-state index contributed by atoms with van der Waals surface area (Å²) in [5, 5.41) is 2.20. The first-order valence-corrected chi connectivity index (χ1v) is 7.65. The molecule has 0 saturated heterocycles. The Kier molecular flexibility index (Phi) is 3.31. The van der Waals surface area contributed by atoms with E-state index in [1.807, 2.05) is 11.3 Å². The van der Waals surface area contributed by atoms with Gasteiger partial charge in [-0.25, -0.2) is 0 Å². The van der Waals surface area contributed by atoms with E-state index >= 15 is 0 Å². The number of hydrogen-bond acceptors (Lipinski definition) is 2. The number of alkyl halides is 1. The van der Waals surface area contributed by atoms with Gasteiger partial charge in [-0.2, -0.15) is 0 Å². The third-order valence-electron chi connectivity index (χ3n) is 3.53. The van der Waals surface area contributed by atoms with Crippen LogP contribution in [0.3, 0.4) is 0 Å². The molecule has 0 unspecified atom stereocenters. The molecule has 18 heavy (non-hydrogen) atoms. The molecule has 1 nitrogen and oxygen atoms in total. The first-order valence-electron chi connectivity index (χ1n) is 6.23. The first kappa shape index (κ1) is 12.1. The number of aryl methyl sites for hydroxylation is 1. The van der Waals surface area contributed by atoms with E-state index in [1.54, 1.807) is 4.88 Å². The summed E-state index contributed by atoms with van der Waals surface area (Å²) in [6.45, 7) is 4.24. The number of fused-ring (bicyclic) bond motifs is 1. The third-order valence-corrected chi connectivity index (χ3v) is 4.84. The summed E-state index contributed by atoms with van der Waals surface area (Å²) >= 11 is 7.96. The van der Waals surface area contributed by atoms with Crippen molar-refractivity contribution in [1.82, 2.24) is 0 Å². The number of rotatable bonds is 2. The molecule has 0 radical (unpaired) electrons. The Labute approximate surface area is 117 Å². The molecule has 1 aliphatic rings. The summed E-state index contributed by atoms with van der Waals surface area (Å²) in [6, 6.07) is 8.84. The van der Waals surface area contributed by atoms with Gasteiger partial charge in [0, 0.05) is 29.5 Å². The van der Waals surface area contributed by atoms with Crippen LogP contribution in [-0.2, 0) is 18.8 Å². The summed E-state index contributed by atoms with van der Waals surface area (Å²) in [5.41, 5.74) is 5.30. The predicted molar refractivity (Wildman–Crippen MR) is 79.8 cm³/mol. The van der Waals surface area contributed by atoms with Crippen LogP contribution >= 0.6 is 22.9 Å². The van der Waals surface area contributed by atoms with E-state index in [9.17, 15) is 0 Å². The smallest absolute Gasteiger partial charge is 0.0494 e. The maximum atomic E-state index is 6.08. The monoisotopic (exact) mass is 277 g/mol. The van der Waals surface area contributed by atoms with Gasteiger partial charge in [0.1, 0.15) is 0 Å². The van der Waals surface area contributed by atoms with Crippen molar-refractivity contribution in [2.45, 2.75) is 25.8 Å². The van der Waals surface area contributed by atoms with Crippen molar-refractivity contribution < 1.29 is 0 Å². The van der Waals surface area contributed by atoms with Crippen molar-refractivity contribution in [1.29, 1.82) is 0 Å². The summed E-state index contributed by atoms with van der Waals surface area (Å²) in [4.78, 5) is 4.00. The van der Waals surface area contributed by atoms with E-state index in [2.05, 4.69) is 41.5 Å². The second kappa shape index (κ2) is 4.94. The Morgan fingerprint density at radius 2 is 2.22 bits per heavy atom. The van der Waals surface area contributed by atoms with Gasteiger partial charge in [0.2, 0.25) is 0 Å². The number of nitrogens with zero attached hydrogens (tertiary/aromatic N) is 1. The lowest BCUT2D eigenvalue weighted by molar-refractivity contribution is 0.741. The molecule has 1 aromatic carbocycles. The largest absolute Gasteiger partial charge is 0.367 e. The van der Waals surface area contributed by atoms with Crippen LogP contribution in [0.15, 0.2) is 29.6 Å². The van der Waals surface area contributed by atoms with E-state index in [0.29, 0.717) is 5.88 Å². The van der Waals surface area contributed by atoms with Crippen LogP contribution in [0.2, 0.25) is 0 Å². The zero-order chi connectivity index (χ0) is 12.5. The summed E-state index contributed by atoms with van der Waals surface area (Å²) < 4.78 is 0. The highest BCUT2D eigenvalue weighted by Crippen LogP contribution is 2.30. The molecule has 0 spiro atoms. The maximum Gasteiger partial charge on any atom is 0.0494 e. The number of benzene rings is 1. The summed E-state index contributed by atoms with van der Waals surface area (Å²) in [6.07, 6.45) is 1.16. The Bertz CT molecular complexity index is 561. The zero-order valence-corrected chi connectivity index (χ0v) is 12.0. The van der Waals surface area contributed by atoms with E-state index in [0.717, 1.165) is 19.5 Å². The number of anilines is 1. The molecule has 0 aliphatic carbocycles. The Balaban J connectivity index is 1.93. The Morgan fingerprint density at radius 1 is 1.33 bits per heavy atom. The average Bonchev–Trinajstić information content (AvgIpc) is 2.85. The quantitative estimate of drug-likeness (QED) is 0.738. The van der Waals surface area contributed by atoms with Crippen molar-refractivity contribution in [3.8, 4) is 0 Å². The first-order chi connectivity index (χ1) is 8.78. The highest BCUT2D eigenvalue weighted by Gasteiger charge is 2.19. The van der Waals surface area contributed by atoms with Gasteiger partial charge < -0.3 is 4.90 Å². The maximum absolute atomic E-state index is 6.08. The number of halogens is 1. The fraction of sp³-hybridized carbons (Fsp3) is 0.333. The lowest BCUT2D eigenvalue weighted by Crippen LogP contribution is -2.30. The highest BCUT2D eigenvalue weighted by atomic mass is 35.5. The highest BCUT2D eigenvalue weighted by molar-refractivity contribution is 7.10. The second-order valence-electron chi connectivity index (χ2n) is 4.81. The molecular formula is C15H16ClNS. The Hall–Kier alpha value is -0.990. The van der Waals surface area contributed by atoms with Gasteiger partial charge in [-0.1, -0.05) is 17.7 Å². The minimum absolute atomic E-state index is 0.587. The van der Waals surface area contributed by atoms with E-state index in [-0.39, 0.29) is 0 Å². The molecule has 0 atom stereocenters. The van der Waals surface area contributed by atoms with E-state index in [1.165, 1.54) is 22.4 Å². The standard InChI is InChI=1S/C15H16ClNS/c1-11-2-3-14(13(8-11)9-16)17-6-4-15-12(10-17)5-7-18-15/h2-3,5,7-8H,4,6,9-10H2,1H3. The van der Waals surface area contributed by atoms with Gasteiger partial charge in [0.25, 0.3) is 0 Å². The third kappa shape index (κ3) is 2.15. The van der Waals surface area contributed by atoms with E-state index < -0.39 is 0 Å². The molecule has 1 aliphatic heterocycles. The molecule has 2 heterocycles. The topological polar surface area (TPSA) is 3.24 Å². The van der Waals surface area contributed by atoms with Crippen molar-refractivity contribution in [2.75, 3.05) is 11.4 Å². The van der Waals surface area contributed by atoms with Crippen LogP contribution in [0, 0.1) is 6.92 Å². The fourth-order valence-electron chi connectivity index (χ4n) is 2.58. The summed E-state index contributed by atoms with van der Waals surface area (Å²) in [7, 11) is 0. The van der Waals surface area contributed by atoms with Crippen LogP contribution in [-0.4, -0.2) is 6.54 Å². The van der Waals surface area contributed by atoms with E-state index in [4.69, 9.17) is 11.6 Å². The van der Waals surface area contributed by atoms with Gasteiger partial charge in [0.05, 0.1) is 0 Å². The van der Waals surface area contributed by atoms with Crippen LogP contribution in [0.25, 0.3) is 0 Å². The number of hydrogen-bond donors (Lipinski definition) is 0. The number of thiophene rings is 1. The molecular weight excluding hydrogens is 262 g/mol. The second-order valence-corrected chi connectivity index (χ2v) is 6.07. The normalized spacial score (nSPS) is 14.7. The van der Waals surface area contributed by atoms with Gasteiger partial charge in [-0.15, -0.1) is 22.9 Å².